The smallest absolute Gasteiger partial charge is 0.269 e. The van der Waals surface area contributed by atoms with Gasteiger partial charge in [0.15, 0.2) is 40.7 Å². The van der Waals surface area contributed by atoms with Crippen molar-refractivity contribution >= 4 is 5.69 Å². The van der Waals surface area contributed by atoms with Crippen molar-refractivity contribution < 1.29 is 44.8 Å². The number of nitro groups is 1. The third kappa shape index (κ3) is 3.40. The number of non-ortho nitro benzene ring substituents is 1. The quantitative estimate of drug-likeness (QED) is 0.162. The molecule has 0 unspecified atom stereocenters. The molecule has 0 spiro atoms. The lowest BCUT2D eigenvalue weighted by molar-refractivity contribution is -0.384. The molecular weight excluding hydrogens is 430 g/mol. The highest BCUT2D eigenvalue weighted by Crippen LogP contribution is 2.38. The maximum Gasteiger partial charge on any atom is 0.269 e. The molecule has 0 radical (unpaired) electrons. The first-order valence-electron chi connectivity index (χ1n) is 7.66. The summed E-state index contributed by atoms with van der Waals surface area (Å²) in [4.78, 5) is 9.83. The minimum absolute atomic E-state index is 0.188. The lowest BCUT2D eigenvalue weighted by Gasteiger charge is -2.13. The zero-order valence-electron chi connectivity index (χ0n) is 14.1. The summed E-state index contributed by atoms with van der Waals surface area (Å²) in [5, 5.41) is 10.6. The Labute approximate surface area is 161 Å². The molecule has 0 saturated carbocycles. The minimum atomic E-state index is -2.53. The van der Waals surface area contributed by atoms with E-state index in [9.17, 15) is 45.2 Å². The van der Waals surface area contributed by atoms with Gasteiger partial charge < -0.3 is 4.74 Å². The molecule has 12 heteroatoms. The first-order chi connectivity index (χ1) is 14.0. The first-order valence-corrected chi connectivity index (χ1v) is 7.66. The number of nitrogens with zero attached hydrogens (tertiary/aromatic N) is 1. The van der Waals surface area contributed by atoms with E-state index in [1.54, 1.807) is 0 Å². The average molecular weight is 435 g/mol. The number of nitro benzene ring substituents is 1. The number of halogens is 8. The summed E-state index contributed by atoms with van der Waals surface area (Å²) in [5.41, 5.74) is -3.73. The van der Waals surface area contributed by atoms with Crippen LogP contribution in [-0.2, 0) is 0 Å². The molecule has 0 heterocycles. The monoisotopic (exact) mass is 435 g/mol. The molecule has 0 atom stereocenters. The molecule has 0 N–H and O–H groups in total. The highest BCUT2D eigenvalue weighted by Gasteiger charge is 2.31. The summed E-state index contributed by atoms with van der Waals surface area (Å²) >= 11 is 0. The van der Waals surface area contributed by atoms with E-state index >= 15 is 0 Å². The second kappa shape index (κ2) is 7.61. The van der Waals surface area contributed by atoms with E-state index in [4.69, 9.17) is 4.74 Å². The van der Waals surface area contributed by atoms with Crippen LogP contribution in [0.3, 0.4) is 0 Å². The van der Waals surface area contributed by atoms with E-state index in [0.29, 0.717) is 0 Å². The maximum atomic E-state index is 14.1. The van der Waals surface area contributed by atoms with Gasteiger partial charge in [-0.25, -0.2) is 30.7 Å². The van der Waals surface area contributed by atoms with Gasteiger partial charge in [0, 0.05) is 17.7 Å². The average Bonchev–Trinajstić information content (AvgIpc) is 2.72. The second-order valence-electron chi connectivity index (χ2n) is 5.66. The number of ether oxygens (including phenoxy) is 1. The molecule has 3 aromatic rings. The van der Waals surface area contributed by atoms with E-state index in [0.717, 1.165) is 24.3 Å². The van der Waals surface area contributed by atoms with Gasteiger partial charge in [-0.15, -0.1) is 0 Å². The number of hydrogen-bond donors (Lipinski definition) is 0. The van der Waals surface area contributed by atoms with Gasteiger partial charge in [-0.05, 0) is 18.2 Å². The van der Waals surface area contributed by atoms with Crippen molar-refractivity contribution in [1.29, 1.82) is 0 Å². The van der Waals surface area contributed by atoms with Crippen LogP contribution >= 0.6 is 0 Å². The lowest BCUT2D eigenvalue weighted by atomic mass is 10.0. The molecule has 156 valence electrons. The molecule has 0 aliphatic heterocycles. The van der Waals surface area contributed by atoms with E-state index in [1.165, 1.54) is 0 Å². The van der Waals surface area contributed by atoms with Crippen LogP contribution < -0.4 is 4.74 Å². The third-order valence-electron chi connectivity index (χ3n) is 3.87. The van der Waals surface area contributed by atoms with Gasteiger partial charge in [-0.1, -0.05) is 0 Å². The Balaban J connectivity index is 2.18. The predicted octanol–water partition coefficient (Wildman–Crippen LogP) is 6.17. The maximum absolute atomic E-state index is 14.1. The largest absolute Gasteiger partial charge is 0.454 e. The van der Waals surface area contributed by atoms with Crippen molar-refractivity contribution in [2.45, 2.75) is 0 Å². The van der Waals surface area contributed by atoms with Crippen molar-refractivity contribution in [1.82, 2.24) is 0 Å². The van der Waals surface area contributed by atoms with Crippen molar-refractivity contribution in [3.05, 3.63) is 87.0 Å². The Hall–Kier alpha value is -3.70. The Kier molecular flexibility index (Phi) is 5.33. The zero-order valence-corrected chi connectivity index (χ0v) is 14.1. The van der Waals surface area contributed by atoms with Crippen molar-refractivity contribution in [2.75, 3.05) is 0 Å². The molecule has 0 bridgehead atoms. The summed E-state index contributed by atoms with van der Waals surface area (Å²) in [5.74, 6) is -20.4. The number of hydrogen-bond acceptors (Lipinski definition) is 3. The van der Waals surface area contributed by atoms with E-state index < -0.39 is 74.0 Å². The van der Waals surface area contributed by atoms with Crippen LogP contribution in [-0.4, -0.2) is 4.92 Å². The summed E-state index contributed by atoms with van der Waals surface area (Å²) < 4.78 is 115. The lowest BCUT2D eigenvalue weighted by Crippen LogP contribution is -2.07. The molecule has 3 aromatic carbocycles. The molecule has 0 aromatic heterocycles. The molecule has 0 amide bonds. The Morgan fingerprint density at radius 2 is 1.13 bits per heavy atom. The van der Waals surface area contributed by atoms with Gasteiger partial charge in [-0.2, -0.15) is 4.39 Å². The predicted molar refractivity (Wildman–Crippen MR) is 84.7 cm³/mol. The Bertz CT molecular complexity index is 1150. The van der Waals surface area contributed by atoms with Gasteiger partial charge in [-0.3, -0.25) is 10.1 Å². The summed E-state index contributed by atoms with van der Waals surface area (Å²) in [6.45, 7) is 0. The van der Waals surface area contributed by atoms with Crippen LogP contribution in [0.15, 0.2) is 30.3 Å². The SMILES string of the molecule is O=[N+]([O-])c1ccc(Oc2cc(-c3c(F)c(F)c(F)c(F)c3F)c(F)c(F)c2F)cc1. The van der Waals surface area contributed by atoms with Gasteiger partial charge in [0.1, 0.15) is 5.75 Å². The topological polar surface area (TPSA) is 52.4 Å². The van der Waals surface area contributed by atoms with Crippen molar-refractivity contribution in [3.63, 3.8) is 0 Å². The van der Waals surface area contributed by atoms with E-state index in [2.05, 4.69) is 0 Å². The van der Waals surface area contributed by atoms with Gasteiger partial charge in [0.05, 0.1) is 10.5 Å². The van der Waals surface area contributed by atoms with Crippen LogP contribution in [0.2, 0.25) is 0 Å². The zero-order chi connectivity index (χ0) is 22.3. The van der Waals surface area contributed by atoms with Gasteiger partial charge in [0.2, 0.25) is 11.6 Å². The molecule has 0 fully saturated rings. The highest BCUT2D eigenvalue weighted by molar-refractivity contribution is 5.68. The van der Waals surface area contributed by atoms with Crippen molar-refractivity contribution in [3.8, 4) is 22.6 Å². The normalized spacial score (nSPS) is 10.9. The fraction of sp³-hybridized carbons (Fsp3) is 0. The number of rotatable bonds is 4. The summed E-state index contributed by atoms with van der Waals surface area (Å²) in [6, 6.07) is 3.90. The van der Waals surface area contributed by atoms with E-state index in [1.807, 2.05) is 0 Å². The second-order valence-corrected chi connectivity index (χ2v) is 5.66. The third-order valence-corrected chi connectivity index (χ3v) is 3.87. The van der Waals surface area contributed by atoms with E-state index in [-0.39, 0.29) is 11.8 Å². The molecule has 3 rings (SSSR count). The summed E-state index contributed by atoms with van der Waals surface area (Å²) in [6.07, 6.45) is 0. The van der Waals surface area contributed by atoms with Crippen molar-refractivity contribution in [2.24, 2.45) is 0 Å². The minimum Gasteiger partial charge on any atom is -0.454 e. The van der Waals surface area contributed by atoms with Crippen LogP contribution in [0.5, 0.6) is 11.5 Å². The Morgan fingerprint density at radius 1 is 0.667 bits per heavy atom. The standard InChI is InChI=1S/C18H5F8NO3/c19-11-8(10-13(21)16(24)18(26)17(25)14(10)22)5-9(12(20)15(11)23)30-7-3-1-6(2-4-7)27(28)29/h1-5H. The van der Waals surface area contributed by atoms with Gasteiger partial charge in [0.25, 0.3) is 5.69 Å². The molecule has 4 nitrogen and oxygen atoms in total. The number of benzene rings is 3. The molecular formula is C18H5F8NO3. The van der Waals surface area contributed by atoms with Gasteiger partial charge >= 0.3 is 0 Å². The van der Waals surface area contributed by atoms with Crippen LogP contribution in [0.1, 0.15) is 0 Å². The van der Waals surface area contributed by atoms with Crippen LogP contribution in [0.25, 0.3) is 11.1 Å². The fourth-order valence-corrected chi connectivity index (χ4v) is 2.44. The molecule has 0 aliphatic rings. The van der Waals surface area contributed by atoms with Crippen LogP contribution in [0, 0.1) is 56.7 Å². The first kappa shape index (κ1) is 21.0. The molecule has 0 aliphatic carbocycles. The van der Waals surface area contributed by atoms with Crippen LogP contribution in [0.4, 0.5) is 40.8 Å². The highest BCUT2D eigenvalue weighted by atomic mass is 19.2. The molecule has 30 heavy (non-hydrogen) atoms. The fourth-order valence-electron chi connectivity index (χ4n) is 2.44. The Morgan fingerprint density at radius 3 is 1.63 bits per heavy atom. The molecule has 0 saturated heterocycles. The summed E-state index contributed by atoms with van der Waals surface area (Å²) in [7, 11) is 0.